The highest BCUT2D eigenvalue weighted by atomic mass is 32.2. The largest absolute Gasteiger partial charge is 0.481 e. The van der Waals surface area contributed by atoms with E-state index in [-0.39, 0.29) is 4.75 Å². The minimum Gasteiger partial charge on any atom is -0.481 e. The molecule has 94 valence electrons. The quantitative estimate of drug-likeness (QED) is 0.883. The van der Waals surface area contributed by atoms with Crippen molar-refractivity contribution >= 4 is 17.7 Å². The third-order valence-corrected chi connectivity index (χ3v) is 3.87. The van der Waals surface area contributed by atoms with Gasteiger partial charge in [-0.05, 0) is 18.1 Å². The molecule has 1 aromatic carbocycles. The Labute approximate surface area is 107 Å². The fourth-order valence-electron chi connectivity index (χ4n) is 1.34. The molecule has 0 saturated heterocycles. The molecule has 17 heavy (non-hydrogen) atoms. The van der Waals surface area contributed by atoms with Gasteiger partial charge >= 0.3 is 5.97 Å². The second-order valence-corrected chi connectivity index (χ2v) is 7.00. The van der Waals surface area contributed by atoms with Crippen LogP contribution in [-0.4, -0.2) is 15.8 Å². The Morgan fingerprint density at radius 3 is 2.24 bits per heavy atom. The molecule has 1 atom stereocenters. The predicted molar refractivity (Wildman–Crippen MR) is 73.5 cm³/mol. The first-order valence-electron chi connectivity index (χ1n) is 5.75. The molecule has 0 amide bonds. The highest BCUT2D eigenvalue weighted by Crippen LogP contribution is 2.27. The summed E-state index contributed by atoms with van der Waals surface area (Å²) in [4.78, 5) is 10.8. The van der Waals surface area contributed by atoms with E-state index >= 15 is 0 Å². The molecule has 1 unspecified atom stereocenters. The lowest BCUT2D eigenvalue weighted by atomic mass is 10.0. The Balaban J connectivity index is 2.65. The van der Waals surface area contributed by atoms with Crippen LogP contribution in [-0.2, 0) is 10.5 Å². The maximum absolute atomic E-state index is 10.8. The lowest BCUT2D eigenvalue weighted by Crippen LogP contribution is -2.08. The van der Waals surface area contributed by atoms with E-state index < -0.39 is 11.9 Å². The second kappa shape index (κ2) is 5.58. The van der Waals surface area contributed by atoms with Crippen molar-refractivity contribution in [2.24, 2.45) is 0 Å². The molecule has 1 aromatic rings. The number of hydrogen-bond donors (Lipinski definition) is 1. The fraction of sp³-hybridized carbons (Fsp3) is 0.500. The van der Waals surface area contributed by atoms with Crippen LogP contribution in [0.4, 0.5) is 0 Å². The summed E-state index contributed by atoms with van der Waals surface area (Å²) in [5.41, 5.74) is 2.10. The van der Waals surface area contributed by atoms with Gasteiger partial charge in [0.15, 0.2) is 0 Å². The number of benzene rings is 1. The standard InChI is InChI=1S/C14H20O2S/c1-10(13(15)16)12-7-5-11(6-8-12)9-17-14(2,3)4/h5-8,10H,9H2,1-4H3,(H,15,16). The minimum absolute atomic E-state index is 0.257. The van der Waals surface area contributed by atoms with Gasteiger partial charge in [0.05, 0.1) is 5.92 Å². The lowest BCUT2D eigenvalue weighted by molar-refractivity contribution is -0.138. The summed E-state index contributed by atoms with van der Waals surface area (Å²) in [7, 11) is 0. The number of thioether (sulfide) groups is 1. The van der Waals surface area contributed by atoms with Crippen LogP contribution in [0.3, 0.4) is 0 Å². The molecule has 0 aliphatic rings. The van der Waals surface area contributed by atoms with E-state index in [4.69, 9.17) is 5.11 Å². The SMILES string of the molecule is CC(C(=O)O)c1ccc(CSC(C)(C)C)cc1. The lowest BCUT2D eigenvalue weighted by Gasteiger charge is -2.17. The third-order valence-electron chi connectivity index (χ3n) is 2.52. The van der Waals surface area contributed by atoms with Crippen molar-refractivity contribution in [3.63, 3.8) is 0 Å². The Kier molecular flexibility index (Phi) is 4.63. The van der Waals surface area contributed by atoms with Gasteiger partial charge in [-0.3, -0.25) is 4.79 Å². The molecule has 0 aromatic heterocycles. The Morgan fingerprint density at radius 2 is 1.82 bits per heavy atom. The summed E-state index contributed by atoms with van der Waals surface area (Å²) >= 11 is 1.89. The first-order chi connectivity index (χ1) is 7.79. The zero-order valence-corrected chi connectivity index (χ0v) is 11.7. The number of carbonyl (C=O) groups is 1. The third kappa shape index (κ3) is 4.82. The first-order valence-corrected chi connectivity index (χ1v) is 6.74. The van der Waals surface area contributed by atoms with Gasteiger partial charge in [0.25, 0.3) is 0 Å². The maximum atomic E-state index is 10.8. The minimum atomic E-state index is -0.776. The Hall–Kier alpha value is -0.960. The van der Waals surface area contributed by atoms with Crippen molar-refractivity contribution in [2.45, 2.75) is 44.1 Å². The number of hydrogen-bond acceptors (Lipinski definition) is 2. The van der Waals surface area contributed by atoms with Crippen molar-refractivity contribution in [3.8, 4) is 0 Å². The molecule has 1 N–H and O–H groups in total. The van der Waals surface area contributed by atoms with Gasteiger partial charge in [-0.15, -0.1) is 0 Å². The summed E-state index contributed by atoms with van der Waals surface area (Å²) < 4.78 is 0.257. The normalized spacial score (nSPS) is 13.4. The highest BCUT2D eigenvalue weighted by Gasteiger charge is 2.14. The monoisotopic (exact) mass is 252 g/mol. The number of carboxylic acid groups (broad SMARTS) is 1. The van der Waals surface area contributed by atoms with Crippen LogP contribution in [0.25, 0.3) is 0 Å². The van der Waals surface area contributed by atoms with Crippen LogP contribution in [0, 0.1) is 0 Å². The molecule has 0 aliphatic heterocycles. The summed E-state index contributed by atoms with van der Waals surface area (Å²) in [6.45, 7) is 8.29. The summed E-state index contributed by atoms with van der Waals surface area (Å²) in [5, 5.41) is 8.91. The zero-order chi connectivity index (χ0) is 13.1. The summed E-state index contributed by atoms with van der Waals surface area (Å²) in [5.74, 6) is -0.244. The Morgan fingerprint density at radius 1 is 1.29 bits per heavy atom. The smallest absolute Gasteiger partial charge is 0.310 e. The van der Waals surface area contributed by atoms with E-state index in [1.807, 2.05) is 36.0 Å². The zero-order valence-electron chi connectivity index (χ0n) is 10.9. The molecule has 0 radical (unpaired) electrons. The van der Waals surface area contributed by atoms with Gasteiger partial charge in [-0.25, -0.2) is 0 Å². The van der Waals surface area contributed by atoms with Crippen LogP contribution in [0.2, 0.25) is 0 Å². The topological polar surface area (TPSA) is 37.3 Å². The second-order valence-electron chi connectivity index (χ2n) is 5.20. The van der Waals surface area contributed by atoms with Crippen molar-refractivity contribution in [1.29, 1.82) is 0 Å². The molecule has 1 rings (SSSR count). The van der Waals surface area contributed by atoms with Crippen LogP contribution in [0.15, 0.2) is 24.3 Å². The predicted octanol–water partition coefficient (Wildman–Crippen LogP) is 3.91. The van der Waals surface area contributed by atoms with Gasteiger partial charge in [0.1, 0.15) is 0 Å². The van der Waals surface area contributed by atoms with Gasteiger partial charge < -0.3 is 5.11 Å². The van der Waals surface area contributed by atoms with Crippen LogP contribution < -0.4 is 0 Å². The molecule has 0 aliphatic carbocycles. The average molecular weight is 252 g/mol. The van der Waals surface area contributed by atoms with Crippen molar-refractivity contribution in [1.82, 2.24) is 0 Å². The van der Waals surface area contributed by atoms with E-state index in [1.165, 1.54) is 5.56 Å². The first kappa shape index (κ1) is 14.1. The van der Waals surface area contributed by atoms with E-state index in [0.29, 0.717) is 0 Å². The molecule has 2 nitrogen and oxygen atoms in total. The molecule has 0 bridgehead atoms. The van der Waals surface area contributed by atoms with Gasteiger partial charge in [-0.2, -0.15) is 11.8 Å². The van der Waals surface area contributed by atoms with Crippen molar-refractivity contribution < 1.29 is 9.90 Å². The molecule has 0 heterocycles. The maximum Gasteiger partial charge on any atom is 0.310 e. The number of aliphatic carboxylic acids is 1. The van der Waals surface area contributed by atoms with Crippen molar-refractivity contribution in [3.05, 3.63) is 35.4 Å². The summed E-state index contributed by atoms with van der Waals surface area (Å²) in [6, 6.07) is 7.87. The molecule has 3 heteroatoms. The van der Waals surface area contributed by atoms with E-state index in [9.17, 15) is 4.79 Å². The van der Waals surface area contributed by atoms with Gasteiger partial charge in [-0.1, -0.05) is 45.0 Å². The van der Waals surface area contributed by atoms with Crippen LogP contribution >= 0.6 is 11.8 Å². The highest BCUT2D eigenvalue weighted by molar-refractivity contribution is 7.99. The molecular weight excluding hydrogens is 232 g/mol. The van der Waals surface area contributed by atoms with Crippen molar-refractivity contribution in [2.75, 3.05) is 0 Å². The molecule has 0 spiro atoms. The summed E-state index contributed by atoms with van der Waals surface area (Å²) in [6.07, 6.45) is 0. The fourth-order valence-corrected chi connectivity index (χ4v) is 2.14. The Bertz CT molecular complexity index is 376. The molecular formula is C14H20O2S. The number of carboxylic acids is 1. The van der Waals surface area contributed by atoms with Gasteiger partial charge in [0.2, 0.25) is 0 Å². The van der Waals surface area contributed by atoms with Crippen LogP contribution in [0.1, 0.15) is 44.7 Å². The molecule has 0 saturated carbocycles. The van der Waals surface area contributed by atoms with Gasteiger partial charge in [0, 0.05) is 10.5 Å². The van der Waals surface area contributed by atoms with E-state index in [2.05, 4.69) is 20.8 Å². The number of rotatable bonds is 4. The van der Waals surface area contributed by atoms with E-state index in [1.54, 1.807) is 6.92 Å². The van der Waals surface area contributed by atoms with Crippen LogP contribution in [0.5, 0.6) is 0 Å². The van der Waals surface area contributed by atoms with E-state index in [0.717, 1.165) is 11.3 Å². The molecule has 0 fully saturated rings. The average Bonchev–Trinajstić information content (AvgIpc) is 2.25.